The minimum Gasteiger partial charge on any atom is -0.393 e. The highest BCUT2D eigenvalue weighted by atomic mass is 35.5. The van der Waals surface area contributed by atoms with Gasteiger partial charge in [0.15, 0.2) is 0 Å². The molecule has 2 N–H and O–H groups in total. The van der Waals surface area contributed by atoms with Gasteiger partial charge in [0.25, 0.3) is 0 Å². The summed E-state index contributed by atoms with van der Waals surface area (Å²) >= 11 is 6.04. The van der Waals surface area contributed by atoms with Crippen LogP contribution < -0.4 is 0 Å². The first-order chi connectivity index (χ1) is 12.9. The number of nitrogens with zero attached hydrogens (tertiary/aromatic N) is 2. The highest BCUT2D eigenvalue weighted by Gasteiger charge is 2.37. The van der Waals surface area contributed by atoms with Crippen LogP contribution in [0.4, 0.5) is 0 Å². The first kappa shape index (κ1) is 18.2. The molecule has 1 saturated carbocycles. The van der Waals surface area contributed by atoms with E-state index >= 15 is 0 Å². The maximum atomic E-state index is 11.2. The fourth-order valence-electron chi connectivity index (χ4n) is 3.65. The van der Waals surface area contributed by atoms with Gasteiger partial charge in [-0.05, 0) is 62.9 Å². The van der Waals surface area contributed by atoms with Crippen LogP contribution in [0.3, 0.4) is 0 Å². The summed E-state index contributed by atoms with van der Waals surface area (Å²) in [7, 11) is 0. The first-order valence-corrected chi connectivity index (χ1v) is 9.66. The molecule has 2 aromatic carbocycles. The van der Waals surface area contributed by atoms with E-state index in [1.165, 1.54) is 5.56 Å². The van der Waals surface area contributed by atoms with Gasteiger partial charge in [0.2, 0.25) is 0 Å². The van der Waals surface area contributed by atoms with Gasteiger partial charge in [-0.1, -0.05) is 41.4 Å². The molecular formula is C22H23ClN2O2. The van der Waals surface area contributed by atoms with E-state index < -0.39 is 5.60 Å². The van der Waals surface area contributed by atoms with Crippen molar-refractivity contribution < 1.29 is 10.2 Å². The molecule has 4 nitrogen and oxygen atoms in total. The summed E-state index contributed by atoms with van der Waals surface area (Å²) in [5.74, 6) is 0. The number of benzene rings is 2. The van der Waals surface area contributed by atoms with Crippen molar-refractivity contribution >= 4 is 11.6 Å². The lowest BCUT2D eigenvalue weighted by Crippen LogP contribution is -2.33. The third-order valence-corrected chi connectivity index (χ3v) is 5.64. The zero-order valence-electron chi connectivity index (χ0n) is 15.3. The van der Waals surface area contributed by atoms with Crippen molar-refractivity contribution in [2.75, 3.05) is 0 Å². The van der Waals surface area contributed by atoms with Gasteiger partial charge in [-0.25, -0.2) is 4.68 Å². The summed E-state index contributed by atoms with van der Waals surface area (Å²) in [5.41, 5.74) is 3.69. The number of hydrogen-bond acceptors (Lipinski definition) is 3. The summed E-state index contributed by atoms with van der Waals surface area (Å²) < 4.78 is 1.86. The van der Waals surface area contributed by atoms with Crippen LogP contribution in [0.15, 0.2) is 54.6 Å². The van der Waals surface area contributed by atoms with Crippen LogP contribution in [0.2, 0.25) is 5.02 Å². The third kappa shape index (κ3) is 3.65. The maximum Gasteiger partial charge on any atom is 0.109 e. The van der Waals surface area contributed by atoms with Crippen LogP contribution in [-0.2, 0) is 5.60 Å². The molecule has 0 radical (unpaired) electrons. The number of rotatable bonds is 3. The molecule has 27 heavy (non-hydrogen) atoms. The molecule has 1 aliphatic rings. The van der Waals surface area contributed by atoms with E-state index in [-0.39, 0.29) is 6.10 Å². The monoisotopic (exact) mass is 382 g/mol. The van der Waals surface area contributed by atoms with Crippen molar-refractivity contribution in [3.05, 3.63) is 70.9 Å². The van der Waals surface area contributed by atoms with E-state index in [1.807, 2.05) is 35.0 Å². The van der Waals surface area contributed by atoms with Crippen LogP contribution in [0, 0.1) is 6.92 Å². The number of aryl methyl sites for hydroxylation is 1. The molecule has 1 fully saturated rings. The van der Waals surface area contributed by atoms with Crippen molar-refractivity contribution in [2.45, 2.75) is 44.3 Å². The maximum absolute atomic E-state index is 11.2. The second-order valence-corrected chi connectivity index (χ2v) is 7.87. The van der Waals surface area contributed by atoms with Gasteiger partial charge in [0.1, 0.15) is 5.60 Å². The largest absolute Gasteiger partial charge is 0.393 e. The van der Waals surface area contributed by atoms with Crippen molar-refractivity contribution in [2.24, 2.45) is 0 Å². The fourth-order valence-corrected chi connectivity index (χ4v) is 3.78. The van der Waals surface area contributed by atoms with Gasteiger partial charge in [-0.3, -0.25) is 0 Å². The van der Waals surface area contributed by atoms with E-state index in [0.29, 0.717) is 36.4 Å². The Morgan fingerprint density at radius 2 is 1.67 bits per heavy atom. The van der Waals surface area contributed by atoms with Gasteiger partial charge in [-0.2, -0.15) is 5.10 Å². The Bertz CT molecular complexity index is 861. The average molecular weight is 383 g/mol. The topological polar surface area (TPSA) is 58.3 Å². The molecule has 140 valence electrons. The van der Waals surface area contributed by atoms with Crippen LogP contribution in [0.1, 0.15) is 36.9 Å². The van der Waals surface area contributed by atoms with E-state index in [1.54, 1.807) is 0 Å². The normalized spacial score (nSPS) is 22.7. The van der Waals surface area contributed by atoms with Crippen LogP contribution in [0.5, 0.6) is 0 Å². The van der Waals surface area contributed by atoms with Gasteiger partial charge in [0.05, 0.1) is 23.2 Å². The minimum absolute atomic E-state index is 0.333. The van der Waals surface area contributed by atoms with Crippen LogP contribution in [-0.4, -0.2) is 26.1 Å². The molecule has 0 bridgehead atoms. The number of halogens is 1. The Labute approximate surface area is 164 Å². The van der Waals surface area contributed by atoms with Crippen molar-refractivity contribution in [3.63, 3.8) is 0 Å². The number of aliphatic hydroxyl groups is 2. The molecule has 0 saturated heterocycles. The standard InChI is InChI=1S/C22H23ClN2O2/c1-15-2-4-16(5-3-15)20-14-21(22(27)12-10-19(26)11-13-22)24-25(20)18-8-6-17(23)7-9-18/h2-9,14,19,26-27H,10-13H2,1H3/t19-,22-. The Balaban J connectivity index is 1.82. The molecule has 0 amide bonds. The van der Waals surface area contributed by atoms with E-state index in [2.05, 4.69) is 31.2 Å². The minimum atomic E-state index is -1.00. The second-order valence-electron chi connectivity index (χ2n) is 7.43. The Morgan fingerprint density at radius 3 is 2.30 bits per heavy atom. The molecule has 1 aromatic heterocycles. The number of aromatic nitrogens is 2. The summed E-state index contributed by atoms with van der Waals surface area (Å²) in [6.45, 7) is 2.06. The number of aliphatic hydroxyl groups excluding tert-OH is 1. The second kappa shape index (κ2) is 7.12. The van der Waals surface area contributed by atoms with Crippen molar-refractivity contribution in [1.82, 2.24) is 9.78 Å². The molecule has 4 rings (SSSR count). The van der Waals surface area contributed by atoms with Gasteiger partial charge < -0.3 is 10.2 Å². The van der Waals surface area contributed by atoms with E-state index in [9.17, 15) is 10.2 Å². The van der Waals surface area contributed by atoms with E-state index in [0.717, 1.165) is 16.9 Å². The first-order valence-electron chi connectivity index (χ1n) is 9.29. The SMILES string of the molecule is Cc1ccc(-c2cc([C@]3(O)CC[C@H](O)CC3)nn2-c2ccc(Cl)cc2)cc1. The Morgan fingerprint density at radius 1 is 1.04 bits per heavy atom. The summed E-state index contributed by atoms with van der Waals surface area (Å²) in [4.78, 5) is 0. The average Bonchev–Trinajstić information content (AvgIpc) is 3.12. The highest BCUT2D eigenvalue weighted by molar-refractivity contribution is 6.30. The predicted octanol–water partition coefficient (Wildman–Crippen LogP) is 4.62. The zero-order chi connectivity index (χ0) is 19.0. The van der Waals surface area contributed by atoms with Crippen LogP contribution >= 0.6 is 11.6 Å². The lowest BCUT2D eigenvalue weighted by atomic mass is 9.81. The molecule has 5 heteroatoms. The van der Waals surface area contributed by atoms with Gasteiger partial charge in [-0.15, -0.1) is 0 Å². The van der Waals surface area contributed by atoms with Gasteiger partial charge in [0, 0.05) is 10.6 Å². The van der Waals surface area contributed by atoms with Crippen LogP contribution in [0.25, 0.3) is 16.9 Å². The molecular weight excluding hydrogens is 360 g/mol. The molecule has 1 heterocycles. The smallest absolute Gasteiger partial charge is 0.109 e. The summed E-state index contributed by atoms with van der Waals surface area (Å²) in [6, 6.07) is 17.8. The number of hydrogen-bond donors (Lipinski definition) is 2. The Kier molecular flexibility index (Phi) is 4.81. The molecule has 0 atom stereocenters. The lowest BCUT2D eigenvalue weighted by Gasteiger charge is -2.32. The molecule has 0 spiro atoms. The van der Waals surface area contributed by atoms with Crippen molar-refractivity contribution in [3.8, 4) is 16.9 Å². The summed E-state index contributed by atoms with van der Waals surface area (Å²) in [5, 5.41) is 26.4. The quantitative estimate of drug-likeness (QED) is 0.694. The molecule has 1 aliphatic carbocycles. The van der Waals surface area contributed by atoms with Crippen molar-refractivity contribution in [1.29, 1.82) is 0 Å². The fraction of sp³-hybridized carbons (Fsp3) is 0.318. The zero-order valence-corrected chi connectivity index (χ0v) is 16.0. The third-order valence-electron chi connectivity index (χ3n) is 5.39. The Hall–Kier alpha value is -2.14. The van der Waals surface area contributed by atoms with Gasteiger partial charge >= 0.3 is 0 Å². The highest BCUT2D eigenvalue weighted by Crippen LogP contribution is 2.38. The molecule has 3 aromatic rings. The molecule has 0 unspecified atom stereocenters. The lowest BCUT2D eigenvalue weighted by molar-refractivity contribution is -0.0393. The molecule has 0 aliphatic heterocycles. The predicted molar refractivity (Wildman–Crippen MR) is 107 cm³/mol. The summed E-state index contributed by atoms with van der Waals surface area (Å²) in [6.07, 6.45) is 1.87. The van der Waals surface area contributed by atoms with E-state index in [4.69, 9.17) is 16.7 Å².